The van der Waals surface area contributed by atoms with Gasteiger partial charge in [-0.15, -0.1) is 12.4 Å². The molecule has 1 rings (SSSR count). The molecule has 0 atom stereocenters. The molecular weight excluding hydrogens is 287 g/mol. The summed E-state index contributed by atoms with van der Waals surface area (Å²) >= 11 is 5.75. The zero-order chi connectivity index (χ0) is 12.2. The van der Waals surface area contributed by atoms with E-state index in [2.05, 4.69) is 15.1 Å². The summed E-state index contributed by atoms with van der Waals surface area (Å²) in [6.45, 7) is 3.64. The predicted octanol–water partition coefficient (Wildman–Crippen LogP) is 0.383. The van der Waals surface area contributed by atoms with Crippen LogP contribution in [0.2, 0.25) is 5.02 Å². The fourth-order valence-electron chi connectivity index (χ4n) is 1.22. The monoisotopic (exact) mass is 302 g/mol. The van der Waals surface area contributed by atoms with E-state index in [1.54, 1.807) is 0 Å². The molecule has 1 aromatic heterocycles. The molecule has 0 radical (unpaired) electrons. The number of halogens is 2. The first kappa shape index (κ1) is 16.7. The van der Waals surface area contributed by atoms with Crippen LogP contribution in [0, 0.1) is 0 Å². The lowest BCUT2D eigenvalue weighted by Crippen LogP contribution is -2.32. The van der Waals surface area contributed by atoms with Crippen molar-refractivity contribution in [2.24, 2.45) is 7.05 Å². The fraction of sp³-hybridized carbons (Fsp3) is 0.625. The van der Waals surface area contributed by atoms with Gasteiger partial charge in [0.25, 0.3) is 10.0 Å². The quantitative estimate of drug-likeness (QED) is 0.745. The molecule has 0 fully saturated rings. The Morgan fingerprint density at radius 3 is 2.59 bits per heavy atom. The number of sulfonamides is 1. The van der Waals surface area contributed by atoms with E-state index in [1.807, 2.05) is 6.92 Å². The molecule has 0 aliphatic heterocycles. The van der Waals surface area contributed by atoms with E-state index in [1.165, 1.54) is 17.9 Å². The summed E-state index contributed by atoms with van der Waals surface area (Å²) in [7, 11) is -2.05. The zero-order valence-corrected chi connectivity index (χ0v) is 12.0. The van der Waals surface area contributed by atoms with Gasteiger partial charge in [0.15, 0.2) is 5.03 Å². The third-order valence-corrected chi connectivity index (χ3v) is 3.91. The van der Waals surface area contributed by atoms with Crippen molar-refractivity contribution >= 4 is 34.0 Å². The number of likely N-dealkylation sites (N-methyl/N-ethyl adjacent to an activating group) is 1. The summed E-state index contributed by atoms with van der Waals surface area (Å²) in [6.07, 6.45) is 1.31. The molecular formula is C8H16Cl2N4O2S. The molecule has 0 saturated carbocycles. The Kier molecular flexibility index (Phi) is 7.03. The molecule has 0 saturated heterocycles. The largest absolute Gasteiger partial charge is 0.316 e. The van der Waals surface area contributed by atoms with Crippen LogP contribution in [-0.2, 0) is 17.1 Å². The maximum Gasteiger partial charge on any atom is 0.259 e. The van der Waals surface area contributed by atoms with Crippen molar-refractivity contribution in [2.45, 2.75) is 11.9 Å². The normalized spacial score (nSPS) is 11.2. The van der Waals surface area contributed by atoms with Crippen LogP contribution in [-0.4, -0.2) is 37.8 Å². The van der Waals surface area contributed by atoms with Gasteiger partial charge in [-0.05, 0) is 6.54 Å². The third kappa shape index (κ3) is 4.44. The molecule has 0 unspecified atom stereocenters. The number of hydrogen-bond donors (Lipinski definition) is 2. The first-order valence-electron chi connectivity index (χ1n) is 4.87. The fourth-order valence-corrected chi connectivity index (χ4v) is 2.90. The van der Waals surface area contributed by atoms with Gasteiger partial charge in [0, 0.05) is 20.1 Å². The number of aryl methyl sites for hydroxylation is 1. The van der Waals surface area contributed by atoms with Crippen molar-refractivity contribution in [3.8, 4) is 0 Å². The number of nitrogens with one attached hydrogen (secondary N) is 2. The highest BCUT2D eigenvalue weighted by Crippen LogP contribution is 2.18. The summed E-state index contributed by atoms with van der Waals surface area (Å²) in [6, 6.07) is 0. The second-order valence-electron chi connectivity index (χ2n) is 3.17. The van der Waals surface area contributed by atoms with Gasteiger partial charge in [-0.25, -0.2) is 13.1 Å². The Morgan fingerprint density at radius 1 is 1.47 bits per heavy atom. The molecule has 0 bridgehead atoms. The van der Waals surface area contributed by atoms with Gasteiger partial charge >= 0.3 is 0 Å². The van der Waals surface area contributed by atoms with Gasteiger partial charge < -0.3 is 5.32 Å². The van der Waals surface area contributed by atoms with Crippen molar-refractivity contribution < 1.29 is 8.42 Å². The van der Waals surface area contributed by atoms with Crippen molar-refractivity contribution in [1.29, 1.82) is 0 Å². The Balaban J connectivity index is 0.00000256. The highest BCUT2D eigenvalue weighted by molar-refractivity contribution is 7.89. The van der Waals surface area contributed by atoms with Crippen LogP contribution in [0.3, 0.4) is 0 Å². The van der Waals surface area contributed by atoms with Crippen molar-refractivity contribution in [1.82, 2.24) is 19.8 Å². The maximum absolute atomic E-state index is 11.8. The minimum absolute atomic E-state index is 0. The van der Waals surface area contributed by atoms with E-state index in [0.717, 1.165) is 6.54 Å². The number of rotatable bonds is 6. The minimum atomic E-state index is -3.58. The Labute approximate surface area is 112 Å². The molecule has 1 heterocycles. The molecule has 2 N–H and O–H groups in total. The summed E-state index contributed by atoms with van der Waals surface area (Å²) in [4.78, 5) is 0. The van der Waals surface area contributed by atoms with Crippen LogP contribution in [0.1, 0.15) is 6.92 Å². The van der Waals surface area contributed by atoms with Gasteiger partial charge in [0.05, 0.1) is 11.2 Å². The zero-order valence-electron chi connectivity index (χ0n) is 9.60. The van der Waals surface area contributed by atoms with Crippen LogP contribution < -0.4 is 10.0 Å². The summed E-state index contributed by atoms with van der Waals surface area (Å²) in [5, 5.41) is 6.90. The number of nitrogens with zero attached hydrogens (tertiary/aromatic N) is 2. The topological polar surface area (TPSA) is 76.0 Å². The second kappa shape index (κ2) is 7.17. The van der Waals surface area contributed by atoms with Crippen LogP contribution in [0.25, 0.3) is 0 Å². The molecule has 9 heteroatoms. The van der Waals surface area contributed by atoms with Gasteiger partial charge in [-0.3, -0.25) is 4.68 Å². The number of aromatic nitrogens is 2. The van der Waals surface area contributed by atoms with Gasteiger partial charge in [-0.1, -0.05) is 18.5 Å². The SMILES string of the molecule is CCNCCNS(=O)(=O)c1c(Cl)cnn1C.Cl. The smallest absolute Gasteiger partial charge is 0.259 e. The number of hydrogen-bond acceptors (Lipinski definition) is 4. The molecule has 6 nitrogen and oxygen atoms in total. The first-order chi connectivity index (χ1) is 7.49. The molecule has 17 heavy (non-hydrogen) atoms. The van der Waals surface area contributed by atoms with E-state index in [-0.39, 0.29) is 22.5 Å². The van der Waals surface area contributed by atoms with Crippen LogP contribution >= 0.6 is 24.0 Å². The standard InChI is InChI=1S/C8H15ClN4O2S.ClH/c1-3-10-4-5-12-16(14,15)8-7(9)6-11-13(8)2;/h6,10,12H,3-5H2,1-2H3;1H. The van der Waals surface area contributed by atoms with Crippen LogP contribution in [0.5, 0.6) is 0 Å². The lowest BCUT2D eigenvalue weighted by Gasteiger charge is -2.07. The average molecular weight is 303 g/mol. The molecule has 0 spiro atoms. The summed E-state index contributed by atoms with van der Waals surface area (Å²) < 4.78 is 27.3. The van der Waals surface area contributed by atoms with E-state index in [4.69, 9.17) is 11.6 Å². The molecule has 0 aliphatic rings. The lowest BCUT2D eigenvalue weighted by atomic mass is 10.6. The third-order valence-electron chi connectivity index (χ3n) is 1.94. The summed E-state index contributed by atoms with van der Waals surface area (Å²) in [5.41, 5.74) is 0. The molecule has 100 valence electrons. The Bertz CT molecular complexity index is 427. The molecule has 0 aromatic carbocycles. The average Bonchev–Trinajstić information content (AvgIpc) is 2.54. The van der Waals surface area contributed by atoms with E-state index in [9.17, 15) is 8.42 Å². The van der Waals surface area contributed by atoms with Gasteiger partial charge in [-0.2, -0.15) is 5.10 Å². The van der Waals surface area contributed by atoms with Crippen LogP contribution in [0.15, 0.2) is 11.2 Å². The predicted molar refractivity (Wildman–Crippen MR) is 69.2 cm³/mol. The minimum Gasteiger partial charge on any atom is -0.316 e. The first-order valence-corrected chi connectivity index (χ1v) is 6.73. The molecule has 0 aliphatic carbocycles. The van der Waals surface area contributed by atoms with Crippen molar-refractivity contribution in [2.75, 3.05) is 19.6 Å². The van der Waals surface area contributed by atoms with E-state index >= 15 is 0 Å². The van der Waals surface area contributed by atoms with Gasteiger partial charge in [0.1, 0.15) is 0 Å². The van der Waals surface area contributed by atoms with Gasteiger partial charge in [0.2, 0.25) is 0 Å². The Hall–Kier alpha value is -0.340. The highest BCUT2D eigenvalue weighted by Gasteiger charge is 2.21. The van der Waals surface area contributed by atoms with Crippen LogP contribution in [0.4, 0.5) is 0 Å². The lowest BCUT2D eigenvalue weighted by molar-refractivity contribution is 0.560. The highest BCUT2D eigenvalue weighted by atomic mass is 35.5. The van der Waals surface area contributed by atoms with E-state index < -0.39 is 10.0 Å². The second-order valence-corrected chi connectivity index (χ2v) is 5.26. The van der Waals surface area contributed by atoms with Crippen molar-refractivity contribution in [3.63, 3.8) is 0 Å². The maximum atomic E-state index is 11.8. The molecule has 0 amide bonds. The molecule has 1 aromatic rings. The Morgan fingerprint density at radius 2 is 2.12 bits per heavy atom. The summed E-state index contributed by atoms with van der Waals surface area (Å²) in [5.74, 6) is 0. The van der Waals surface area contributed by atoms with E-state index in [0.29, 0.717) is 13.1 Å². The van der Waals surface area contributed by atoms with Crippen molar-refractivity contribution in [3.05, 3.63) is 11.2 Å².